The molecule has 1 aliphatic carbocycles. The van der Waals surface area contributed by atoms with Crippen LogP contribution in [0.5, 0.6) is 0 Å². The van der Waals surface area contributed by atoms with Crippen molar-refractivity contribution in [1.82, 2.24) is 4.98 Å². The molecule has 1 heterocycles. The van der Waals surface area contributed by atoms with Crippen LogP contribution in [0.15, 0.2) is 12.3 Å². The molecule has 0 atom stereocenters. The van der Waals surface area contributed by atoms with E-state index in [1.807, 2.05) is 0 Å². The molecule has 0 spiro atoms. The molecule has 1 aromatic heterocycles. The smallest absolute Gasteiger partial charge is 0.129 e. The fourth-order valence-electron chi connectivity index (χ4n) is 1.27. The molecule has 3 heteroatoms. The molecule has 0 aliphatic heterocycles. The lowest BCUT2D eigenvalue weighted by Crippen LogP contribution is -1.88. The van der Waals surface area contributed by atoms with Gasteiger partial charge in [0.2, 0.25) is 0 Å². The van der Waals surface area contributed by atoms with E-state index in [0.29, 0.717) is 16.6 Å². The lowest BCUT2D eigenvalue weighted by atomic mass is 10.1. The predicted molar refractivity (Wildman–Crippen MR) is 45.9 cm³/mol. The van der Waals surface area contributed by atoms with Gasteiger partial charge in [0.15, 0.2) is 0 Å². The molecule has 0 aromatic carbocycles. The maximum atomic E-state index is 8.75. The monoisotopic (exact) mass is 178 g/mol. The van der Waals surface area contributed by atoms with Gasteiger partial charge in [-0.05, 0) is 30.4 Å². The largest absolute Gasteiger partial charge is 0.243 e. The summed E-state index contributed by atoms with van der Waals surface area (Å²) in [5.74, 6) is 0.556. The minimum Gasteiger partial charge on any atom is -0.243 e. The molecule has 0 unspecified atom stereocenters. The molecule has 1 aliphatic rings. The standard InChI is InChI=1S/C9H7ClN2/c10-9-3-8(6-1-2-6)7(4-11)5-12-9/h3,5-6H,1-2H2. The molecule has 12 heavy (non-hydrogen) atoms. The Kier molecular flexibility index (Phi) is 1.74. The predicted octanol–water partition coefficient (Wildman–Crippen LogP) is 2.48. The van der Waals surface area contributed by atoms with Gasteiger partial charge in [0.25, 0.3) is 0 Å². The van der Waals surface area contributed by atoms with Gasteiger partial charge in [-0.15, -0.1) is 0 Å². The lowest BCUT2D eigenvalue weighted by Gasteiger charge is -1.99. The van der Waals surface area contributed by atoms with Crippen molar-refractivity contribution in [3.05, 3.63) is 28.5 Å². The van der Waals surface area contributed by atoms with Crippen LogP contribution >= 0.6 is 11.6 Å². The van der Waals surface area contributed by atoms with E-state index in [1.165, 1.54) is 12.8 Å². The summed E-state index contributed by atoms with van der Waals surface area (Å²) in [7, 11) is 0. The van der Waals surface area contributed by atoms with Crippen molar-refractivity contribution in [3.8, 4) is 6.07 Å². The van der Waals surface area contributed by atoms with E-state index in [0.717, 1.165) is 5.56 Å². The highest BCUT2D eigenvalue weighted by atomic mass is 35.5. The van der Waals surface area contributed by atoms with Gasteiger partial charge < -0.3 is 0 Å². The first-order valence-corrected chi connectivity index (χ1v) is 4.24. The summed E-state index contributed by atoms with van der Waals surface area (Å²) >= 11 is 5.73. The molecule has 0 saturated heterocycles. The van der Waals surface area contributed by atoms with Crippen LogP contribution in [-0.2, 0) is 0 Å². The summed E-state index contributed by atoms with van der Waals surface area (Å²) in [6, 6.07) is 3.93. The third-order valence-electron chi connectivity index (χ3n) is 2.04. The molecule has 2 rings (SSSR count). The van der Waals surface area contributed by atoms with E-state index in [9.17, 15) is 0 Å². The topological polar surface area (TPSA) is 36.7 Å². The number of pyridine rings is 1. The van der Waals surface area contributed by atoms with Gasteiger partial charge in [-0.3, -0.25) is 0 Å². The first-order valence-electron chi connectivity index (χ1n) is 3.87. The Morgan fingerprint density at radius 2 is 2.33 bits per heavy atom. The first-order chi connectivity index (χ1) is 5.81. The molecule has 2 nitrogen and oxygen atoms in total. The molecule has 1 fully saturated rings. The van der Waals surface area contributed by atoms with Crippen LogP contribution in [-0.4, -0.2) is 4.98 Å². The van der Waals surface area contributed by atoms with E-state index in [2.05, 4.69) is 11.1 Å². The van der Waals surface area contributed by atoms with Crippen LogP contribution in [0.25, 0.3) is 0 Å². The van der Waals surface area contributed by atoms with Crippen LogP contribution < -0.4 is 0 Å². The summed E-state index contributed by atoms with van der Waals surface area (Å²) in [6.45, 7) is 0. The number of nitrogens with zero attached hydrogens (tertiary/aromatic N) is 2. The summed E-state index contributed by atoms with van der Waals surface area (Å²) in [4.78, 5) is 3.86. The summed E-state index contributed by atoms with van der Waals surface area (Å²) in [5, 5.41) is 9.24. The zero-order valence-corrected chi connectivity index (χ0v) is 7.17. The second kappa shape index (κ2) is 2.76. The normalized spacial score (nSPS) is 15.7. The van der Waals surface area contributed by atoms with Gasteiger partial charge in [-0.25, -0.2) is 4.98 Å². The highest BCUT2D eigenvalue weighted by Gasteiger charge is 2.26. The van der Waals surface area contributed by atoms with Crippen molar-refractivity contribution in [2.24, 2.45) is 0 Å². The van der Waals surface area contributed by atoms with E-state index in [-0.39, 0.29) is 0 Å². The Balaban J connectivity index is 2.48. The highest BCUT2D eigenvalue weighted by molar-refractivity contribution is 6.29. The first kappa shape index (κ1) is 7.57. The van der Waals surface area contributed by atoms with Crippen molar-refractivity contribution < 1.29 is 0 Å². The minimum atomic E-state index is 0.482. The van der Waals surface area contributed by atoms with Crippen molar-refractivity contribution in [3.63, 3.8) is 0 Å². The summed E-state index contributed by atoms with van der Waals surface area (Å²) in [6.07, 6.45) is 3.90. The van der Waals surface area contributed by atoms with Crippen molar-refractivity contribution in [2.45, 2.75) is 18.8 Å². The number of halogens is 1. The van der Waals surface area contributed by atoms with E-state index >= 15 is 0 Å². The Bertz CT molecular complexity index is 350. The van der Waals surface area contributed by atoms with Gasteiger partial charge in [-0.1, -0.05) is 11.6 Å². The fraction of sp³-hybridized carbons (Fsp3) is 0.333. The number of rotatable bonds is 1. The highest BCUT2D eigenvalue weighted by Crippen LogP contribution is 2.41. The SMILES string of the molecule is N#Cc1cnc(Cl)cc1C1CC1. The second-order valence-corrected chi connectivity index (χ2v) is 3.37. The molecule has 0 radical (unpaired) electrons. The minimum absolute atomic E-state index is 0.482. The molecule has 0 bridgehead atoms. The van der Waals surface area contributed by atoms with Crippen molar-refractivity contribution >= 4 is 11.6 Å². The van der Waals surface area contributed by atoms with Crippen LogP contribution in [0, 0.1) is 11.3 Å². The van der Waals surface area contributed by atoms with Gasteiger partial charge >= 0.3 is 0 Å². The zero-order valence-electron chi connectivity index (χ0n) is 6.42. The quantitative estimate of drug-likeness (QED) is 0.620. The third kappa shape index (κ3) is 1.28. The maximum Gasteiger partial charge on any atom is 0.129 e. The van der Waals surface area contributed by atoms with Crippen LogP contribution in [0.2, 0.25) is 5.15 Å². The number of nitriles is 1. The molecule has 1 aromatic rings. The average molecular weight is 179 g/mol. The molecular formula is C9H7ClN2. The molecule has 0 N–H and O–H groups in total. The second-order valence-electron chi connectivity index (χ2n) is 2.98. The Labute approximate surface area is 75.8 Å². The Hall–Kier alpha value is -1.07. The molecule has 60 valence electrons. The Morgan fingerprint density at radius 3 is 2.92 bits per heavy atom. The van der Waals surface area contributed by atoms with E-state index in [4.69, 9.17) is 16.9 Å². The fourth-order valence-corrected chi connectivity index (χ4v) is 1.44. The van der Waals surface area contributed by atoms with Crippen molar-refractivity contribution in [2.75, 3.05) is 0 Å². The van der Waals surface area contributed by atoms with E-state index in [1.54, 1.807) is 12.3 Å². The zero-order chi connectivity index (χ0) is 8.55. The maximum absolute atomic E-state index is 8.75. The third-order valence-corrected chi connectivity index (χ3v) is 2.25. The number of aromatic nitrogens is 1. The number of hydrogen-bond donors (Lipinski definition) is 0. The molecule has 1 saturated carbocycles. The van der Waals surface area contributed by atoms with Crippen LogP contribution in [0.1, 0.15) is 29.9 Å². The molecule has 0 amide bonds. The van der Waals surface area contributed by atoms with Gasteiger partial charge in [0.1, 0.15) is 11.2 Å². The summed E-state index contributed by atoms with van der Waals surface area (Å²) < 4.78 is 0. The van der Waals surface area contributed by atoms with Gasteiger partial charge in [-0.2, -0.15) is 5.26 Å². The summed E-state index contributed by atoms with van der Waals surface area (Å²) in [5.41, 5.74) is 1.74. The lowest BCUT2D eigenvalue weighted by molar-refractivity contribution is 1.09. The van der Waals surface area contributed by atoms with Gasteiger partial charge in [0.05, 0.1) is 5.56 Å². The number of hydrogen-bond acceptors (Lipinski definition) is 2. The Morgan fingerprint density at radius 1 is 1.58 bits per heavy atom. The van der Waals surface area contributed by atoms with E-state index < -0.39 is 0 Å². The van der Waals surface area contributed by atoms with Gasteiger partial charge in [0, 0.05) is 6.20 Å². The average Bonchev–Trinajstić information content (AvgIpc) is 2.87. The molecular weight excluding hydrogens is 172 g/mol. The van der Waals surface area contributed by atoms with Crippen molar-refractivity contribution in [1.29, 1.82) is 5.26 Å². The van der Waals surface area contributed by atoms with Crippen LogP contribution in [0.4, 0.5) is 0 Å². The van der Waals surface area contributed by atoms with Crippen LogP contribution in [0.3, 0.4) is 0 Å².